The number of para-hydroxylation sites is 1. The maximum absolute atomic E-state index is 12.0. The van der Waals surface area contributed by atoms with Crippen molar-refractivity contribution in [3.63, 3.8) is 0 Å². The molecule has 0 fully saturated rings. The van der Waals surface area contributed by atoms with Gasteiger partial charge < -0.3 is 4.42 Å². The number of rotatable bonds is 3. The van der Waals surface area contributed by atoms with E-state index in [-0.39, 0.29) is 5.56 Å². The van der Waals surface area contributed by atoms with E-state index in [0.29, 0.717) is 11.1 Å². The zero-order valence-electron chi connectivity index (χ0n) is 12.4. The first-order valence-corrected chi connectivity index (χ1v) is 8.23. The molecule has 0 N–H and O–H groups in total. The van der Waals surface area contributed by atoms with Crippen molar-refractivity contribution < 1.29 is 4.42 Å². The lowest BCUT2D eigenvalue weighted by molar-refractivity contribution is 0.558. The van der Waals surface area contributed by atoms with Gasteiger partial charge in [-0.05, 0) is 30.0 Å². The highest BCUT2D eigenvalue weighted by Crippen LogP contribution is 2.22. The van der Waals surface area contributed by atoms with Crippen LogP contribution in [0.15, 0.2) is 62.6 Å². The van der Waals surface area contributed by atoms with E-state index in [1.807, 2.05) is 54.8 Å². The number of nitriles is 1. The molecule has 3 aromatic rings. The van der Waals surface area contributed by atoms with Crippen molar-refractivity contribution in [3.8, 4) is 6.07 Å². The Morgan fingerprint density at radius 2 is 1.83 bits per heavy atom. The molecule has 112 valence electrons. The molecule has 0 aliphatic rings. The summed E-state index contributed by atoms with van der Waals surface area (Å²) in [6, 6.07) is 17.2. The smallest absolute Gasteiger partial charge is 0.354 e. The second kappa shape index (κ2) is 6.55. The molecule has 0 amide bonds. The van der Waals surface area contributed by atoms with E-state index in [1.54, 1.807) is 30.0 Å². The first-order chi connectivity index (χ1) is 11.2. The minimum atomic E-state index is -0.608. The minimum absolute atomic E-state index is 0.0284. The Morgan fingerprint density at radius 3 is 2.52 bits per heavy atom. The summed E-state index contributed by atoms with van der Waals surface area (Å²) in [5.74, 6) is 0. The second-order valence-corrected chi connectivity index (χ2v) is 5.77. The number of benzene rings is 2. The summed E-state index contributed by atoms with van der Waals surface area (Å²) < 4.78 is 5.19. The highest BCUT2D eigenvalue weighted by atomic mass is 32.2. The zero-order chi connectivity index (χ0) is 16.2. The van der Waals surface area contributed by atoms with Crippen LogP contribution in [-0.2, 0) is 0 Å². The zero-order valence-corrected chi connectivity index (χ0v) is 13.3. The molecule has 0 unspecified atom stereocenters. The van der Waals surface area contributed by atoms with Gasteiger partial charge >= 0.3 is 5.63 Å². The van der Waals surface area contributed by atoms with E-state index >= 15 is 0 Å². The van der Waals surface area contributed by atoms with Crippen molar-refractivity contribution in [1.82, 2.24) is 0 Å². The molecule has 1 aromatic heterocycles. The van der Waals surface area contributed by atoms with Crippen LogP contribution < -0.4 is 5.63 Å². The van der Waals surface area contributed by atoms with Crippen LogP contribution in [0.2, 0.25) is 0 Å². The molecule has 0 aliphatic carbocycles. The monoisotopic (exact) mass is 319 g/mol. The molecule has 3 nitrogen and oxygen atoms in total. The van der Waals surface area contributed by atoms with E-state index in [4.69, 9.17) is 4.42 Å². The fraction of sp³-hybridized carbons (Fsp3) is 0.0526. The van der Waals surface area contributed by atoms with Gasteiger partial charge in [0, 0.05) is 15.8 Å². The van der Waals surface area contributed by atoms with E-state index < -0.39 is 5.63 Å². The standard InChI is InChI=1S/C19H13NO2S/c1-23-14-9-6-13(7-10-14)8-11-15-16-4-2-3-5-18(16)22-19(21)17(15)12-20/h2-11H,1H3/b11-8+. The Bertz CT molecular complexity index is 979. The number of nitrogens with zero attached hydrogens (tertiary/aromatic N) is 1. The van der Waals surface area contributed by atoms with Crippen molar-refractivity contribution in [2.75, 3.05) is 6.26 Å². The first-order valence-electron chi connectivity index (χ1n) is 7.01. The topological polar surface area (TPSA) is 54.0 Å². The van der Waals surface area contributed by atoms with Crippen molar-refractivity contribution in [3.05, 3.63) is 75.6 Å². The van der Waals surface area contributed by atoms with Crippen molar-refractivity contribution in [2.24, 2.45) is 0 Å². The van der Waals surface area contributed by atoms with E-state index in [1.165, 1.54) is 4.90 Å². The van der Waals surface area contributed by atoms with Gasteiger partial charge in [-0.25, -0.2) is 4.79 Å². The SMILES string of the molecule is CSc1ccc(/C=C/c2c(C#N)c(=O)oc3ccccc23)cc1. The number of thioether (sulfide) groups is 1. The predicted molar refractivity (Wildman–Crippen MR) is 94.4 cm³/mol. The average molecular weight is 319 g/mol. The molecule has 0 saturated heterocycles. The van der Waals surface area contributed by atoms with Crippen molar-refractivity contribution >= 4 is 34.9 Å². The molecule has 1 heterocycles. The van der Waals surface area contributed by atoms with Crippen LogP contribution >= 0.6 is 11.8 Å². The predicted octanol–water partition coefficient (Wildman–Crippen LogP) is 4.56. The minimum Gasteiger partial charge on any atom is -0.422 e. The summed E-state index contributed by atoms with van der Waals surface area (Å²) in [7, 11) is 0. The summed E-state index contributed by atoms with van der Waals surface area (Å²) in [5.41, 5.74) is 1.50. The fourth-order valence-corrected chi connectivity index (χ4v) is 2.76. The molecule has 0 aliphatic heterocycles. The highest BCUT2D eigenvalue weighted by Gasteiger charge is 2.11. The molecular formula is C19H13NO2S. The van der Waals surface area contributed by atoms with Crippen LogP contribution in [0.1, 0.15) is 16.7 Å². The van der Waals surface area contributed by atoms with E-state index in [0.717, 1.165) is 10.9 Å². The second-order valence-electron chi connectivity index (χ2n) is 4.89. The average Bonchev–Trinajstić information content (AvgIpc) is 2.59. The van der Waals surface area contributed by atoms with Gasteiger partial charge in [-0.1, -0.05) is 42.5 Å². The Hall–Kier alpha value is -2.77. The Balaban J connectivity index is 2.12. The van der Waals surface area contributed by atoms with Gasteiger partial charge in [0.05, 0.1) is 0 Å². The third kappa shape index (κ3) is 3.05. The van der Waals surface area contributed by atoms with Gasteiger partial charge in [0.1, 0.15) is 17.2 Å². The highest BCUT2D eigenvalue weighted by molar-refractivity contribution is 7.98. The van der Waals surface area contributed by atoms with Gasteiger partial charge in [0.2, 0.25) is 0 Å². The molecule has 0 atom stereocenters. The van der Waals surface area contributed by atoms with Crippen LogP contribution in [-0.4, -0.2) is 6.26 Å². The van der Waals surface area contributed by atoms with Crippen LogP contribution in [0, 0.1) is 11.3 Å². The Labute approximate surface area is 137 Å². The summed E-state index contributed by atoms with van der Waals surface area (Å²) >= 11 is 1.68. The first kappa shape index (κ1) is 15.1. The maximum atomic E-state index is 12.0. The lowest BCUT2D eigenvalue weighted by atomic mass is 10.0. The van der Waals surface area contributed by atoms with E-state index in [9.17, 15) is 10.1 Å². The van der Waals surface area contributed by atoms with Crippen LogP contribution in [0.3, 0.4) is 0 Å². The van der Waals surface area contributed by atoms with Gasteiger partial charge in [-0.3, -0.25) is 0 Å². The molecule has 0 saturated carbocycles. The largest absolute Gasteiger partial charge is 0.422 e. The number of hydrogen-bond acceptors (Lipinski definition) is 4. The Kier molecular flexibility index (Phi) is 4.31. The van der Waals surface area contributed by atoms with Crippen molar-refractivity contribution in [2.45, 2.75) is 4.90 Å². The number of hydrogen-bond donors (Lipinski definition) is 0. The van der Waals surface area contributed by atoms with Gasteiger partial charge in [0.15, 0.2) is 0 Å². The van der Waals surface area contributed by atoms with Crippen LogP contribution in [0.4, 0.5) is 0 Å². The fourth-order valence-electron chi connectivity index (χ4n) is 2.35. The summed E-state index contributed by atoms with van der Waals surface area (Å²) in [6.07, 6.45) is 5.72. The van der Waals surface area contributed by atoms with Gasteiger partial charge in [-0.2, -0.15) is 5.26 Å². The third-order valence-corrected chi connectivity index (χ3v) is 4.27. The van der Waals surface area contributed by atoms with Crippen molar-refractivity contribution in [1.29, 1.82) is 5.26 Å². The normalized spacial score (nSPS) is 11.0. The van der Waals surface area contributed by atoms with Crippen LogP contribution in [0.5, 0.6) is 0 Å². The van der Waals surface area contributed by atoms with Gasteiger partial charge in [0.25, 0.3) is 0 Å². The van der Waals surface area contributed by atoms with Crippen LogP contribution in [0.25, 0.3) is 23.1 Å². The quantitative estimate of drug-likeness (QED) is 0.524. The molecule has 4 heteroatoms. The third-order valence-electron chi connectivity index (χ3n) is 3.52. The van der Waals surface area contributed by atoms with Gasteiger partial charge in [-0.15, -0.1) is 11.8 Å². The molecule has 3 rings (SSSR count). The summed E-state index contributed by atoms with van der Waals surface area (Å²) in [4.78, 5) is 13.1. The molecule has 0 spiro atoms. The van der Waals surface area contributed by atoms with E-state index in [2.05, 4.69) is 0 Å². The molecule has 2 aromatic carbocycles. The molecular weight excluding hydrogens is 306 g/mol. The summed E-state index contributed by atoms with van der Waals surface area (Å²) in [5, 5.41) is 10.0. The lowest BCUT2D eigenvalue weighted by Crippen LogP contribution is -2.06. The molecule has 0 bridgehead atoms. The molecule has 23 heavy (non-hydrogen) atoms. The molecule has 0 radical (unpaired) electrons. The number of fused-ring (bicyclic) bond motifs is 1. The Morgan fingerprint density at radius 1 is 1.09 bits per heavy atom. The lowest BCUT2D eigenvalue weighted by Gasteiger charge is -2.03. The maximum Gasteiger partial charge on any atom is 0.354 e. The summed E-state index contributed by atoms with van der Waals surface area (Å²) in [6.45, 7) is 0.